The Morgan fingerprint density at radius 3 is 2.00 bits per heavy atom. The van der Waals surface area contributed by atoms with Crippen molar-refractivity contribution in [3.63, 3.8) is 0 Å². The molecule has 1 aromatic carbocycles. The van der Waals surface area contributed by atoms with Gasteiger partial charge in [0.05, 0.1) is 13.2 Å². The fourth-order valence-electron chi connectivity index (χ4n) is 3.37. The maximum Gasteiger partial charge on any atom is 0.147 e. The van der Waals surface area contributed by atoms with Gasteiger partial charge in [-0.15, -0.1) is 0 Å². The lowest BCUT2D eigenvalue weighted by Crippen LogP contribution is -2.29. The third-order valence-electron chi connectivity index (χ3n) is 4.42. The van der Waals surface area contributed by atoms with Gasteiger partial charge in [0.2, 0.25) is 0 Å². The largest absolute Gasteiger partial charge is 0.492 e. The minimum atomic E-state index is 0.646. The van der Waals surface area contributed by atoms with E-state index in [1.54, 1.807) is 0 Å². The average Bonchev–Trinajstić information content (AvgIpc) is 3.10. The molecule has 0 spiro atoms. The Morgan fingerprint density at radius 2 is 1.46 bits per heavy atom. The highest BCUT2D eigenvalue weighted by Crippen LogP contribution is 2.35. The van der Waals surface area contributed by atoms with Crippen molar-refractivity contribution in [1.82, 2.24) is 9.47 Å². The summed E-state index contributed by atoms with van der Waals surface area (Å²) in [6.45, 7) is 8.68. The van der Waals surface area contributed by atoms with Gasteiger partial charge in [0.25, 0.3) is 0 Å². The zero-order valence-electron chi connectivity index (χ0n) is 14.8. The van der Waals surface area contributed by atoms with Gasteiger partial charge >= 0.3 is 0 Å². The Bertz CT molecular complexity index is 604. The highest BCUT2D eigenvalue weighted by molar-refractivity contribution is 5.59. The molecule has 4 heteroatoms. The van der Waals surface area contributed by atoms with Crippen LogP contribution in [0.25, 0.3) is 5.69 Å². The van der Waals surface area contributed by atoms with Gasteiger partial charge in [0, 0.05) is 18.9 Å². The van der Waals surface area contributed by atoms with Crippen LogP contribution in [0, 0.1) is 0 Å². The molecular formula is C20H28N2O2. The van der Waals surface area contributed by atoms with Gasteiger partial charge in [0.1, 0.15) is 17.2 Å². The van der Waals surface area contributed by atoms with E-state index < -0.39 is 0 Å². The van der Waals surface area contributed by atoms with Crippen molar-refractivity contribution < 1.29 is 9.47 Å². The minimum absolute atomic E-state index is 0.646. The molecule has 1 aliphatic rings. The molecule has 0 atom stereocenters. The first kappa shape index (κ1) is 16.9. The van der Waals surface area contributed by atoms with Crippen molar-refractivity contribution in [3.8, 4) is 17.2 Å². The summed E-state index contributed by atoms with van der Waals surface area (Å²) >= 11 is 0. The van der Waals surface area contributed by atoms with E-state index in [1.807, 2.05) is 38.4 Å². The summed E-state index contributed by atoms with van der Waals surface area (Å²) < 4.78 is 14.0. The lowest BCUT2D eigenvalue weighted by Gasteiger charge is -2.27. The molecule has 1 aromatic heterocycles. The van der Waals surface area contributed by atoms with Crippen LogP contribution in [0.15, 0.2) is 36.7 Å². The van der Waals surface area contributed by atoms with Gasteiger partial charge in [-0.2, -0.15) is 0 Å². The normalized spacial score (nSPS) is 15.4. The predicted molar refractivity (Wildman–Crippen MR) is 97.2 cm³/mol. The summed E-state index contributed by atoms with van der Waals surface area (Å²) in [6, 6.07) is 8.39. The summed E-state index contributed by atoms with van der Waals surface area (Å²) in [4.78, 5) is 2.53. The number of hydrogen-bond donors (Lipinski definition) is 0. The Balaban J connectivity index is 1.95. The number of ether oxygens (including phenoxy) is 2. The van der Waals surface area contributed by atoms with E-state index in [4.69, 9.17) is 9.47 Å². The molecule has 24 heavy (non-hydrogen) atoms. The lowest BCUT2D eigenvalue weighted by atomic mass is 10.1. The van der Waals surface area contributed by atoms with Crippen LogP contribution in [0.4, 0.5) is 0 Å². The van der Waals surface area contributed by atoms with E-state index >= 15 is 0 Å². The molecule has 0 unspecified atom stereocenters. The Morgan fingerprint density at radius 1 is 0.875 bits per heavy atom. The summed E-state index contributed by atoms with van der Waals surface area (Å²) in [5, 5.41) is 0. The van der Waals surface area contributed by atoms with Gasteiger partial charge in [-0.3, -0.25) is 4.90 Å². The van der Waals surface area contributed by atoms with Crippen LogP contribution in [-0.2, 0) is 6.54 Å². The molecule has 2 aromatic rings. The SMILES string of the molecule is CCOc1cc(CN2CCCCC2)cc(OCC)c1-n1cccc1. The number of aromatic nitrogens is 1. The number of piperidine rings is 1. The fraction of sp³-hybridized carbons (Fsp3) is 0.500. The van der Waals surface area contributed by atoms with E-state index in [0.717, 1.165) is 23.7 Å². The van der Waals surface area contributed by atoms with Gasteiger partial charge in [-0.1, -0.05) is 6.42 Å². The molecule has 0 amide bonds. The molecule has 2 heterocycles. The molecule has 130 valence electrons. The van der Waals surface area contributed by atoms with E-state index in [0.29, 0.717) is 13.2 Å². The Kier molecular flexibility index (Phi) is 5.81. The summed E-state index contributed by atoms with van der Waals surface area (Å²) in [7, 11) is 0. The maximum atomic E-state index is 5.96. The average molecular weight is 328 g/mol. The number of rotatable bonds is 7. The Hall–Kier alpha value is -1.94. The summed E-state index contributed by atoms with van der Waals surface area (Å²) in [5.74, 6) is 1.79. The van der Waals surface area contributed by atoms with Crippen LogP contribution in [0.1, 0.15) is 38.7 Å². The van der Waals surface area contributed by atoms with Gasteiger partial charge in [-0.05, 0) is 69.6 Å². The molecule has 1 saturated heterocycles. The van der Waals surface area contributed by atoms with Crippen molar-refractivity contribution in [2.75, 3.05) is 26.3 Å². The fourth-order valence-corrected chi connectivity index (χ4v) is 3.37. The topological polar surface area (TPSA) is 26.6 Å². The number of benzene rings is 1. The van der Waals surface area contributed by atoms with Crippen LogP contribution in [0.3, 0.4) is 0 Å². The number of hydrogen-bond acceptors (Lipinski definition) is 3. The molecule has 0 radical (unpaired) electrons. The van der Waals surface area contributed by atoms with Gasteiger partial charge in [-0.25, -0.2) is 0 Å². The van der Waals surface area contributed by atoms with Crippen LogP contribution in [0.5, 0.6) is 11.5 Å². The first-order valence-corrected chi connectivity index (χ1v) is 9.10. The molecule has 0 N–H and O–H groups in total. The molecule has 0 aliphatic carbocycles. The second kappa shape index (κ2) is 8.25. The first-order chi connectivity index (χ1) is 11.8. The molecule has 1 aliphatic heterocycles. The van der Waals surface area contributed by atoms with Crippen LogP contribution >= 0.6 is 0 Å². The number of likely N-dealkylation sites (tertiary alicyclic amines) is 1. The first-order valence-electron chi connectivity index (χ1n) is 9.10. The Labute approximate surface area is 145 Å². The van der Waals surface area contributed by atoms with Crippen LogP contribution < -0.4 is 9.47 Å². The van der Waals surface area contributed by atoms with Gasteiger partial charge < -0.3 is 14.0 Å². The van der Waals surface area contributed by atoms with Crippen molar-refractivity contribution in [2.45, 2.75) is 39.7 Å². The third-order valence-corrected chi connectivity index (χ3v) is 4.42. The van der Waals surface area contributed by atoms with E-state index in [1.165, 1.54) is 37.9 Å². The lowest BCUT2D eigenvalue weighted by molar-refractivity contribution is 0.220. The number of nitrogens with zero attached hydrogens (tertiary/aromatic N) is 2. The second-order valence-corrected chi connectivity index (χ2v) is 6.23. The van der Waals surface area contributed by atoms with E-state index in [9.17, 15) is 0 Å². The maximum absolute atomic E-state index is 5.96. The minimum Gasteiger partial charge on any atom is -0.492 e. The van der Waals surface area contributed by atoms with E-state index in [-0.39, 0.29) is 0 Å². The molecular weight excluding hydrogens is 300 g/mol. The molecule has 0 bridgehead atoms. The van der Waals surface area contributed by atoms with E-state index in [2.05, 4.69) is 21.6 Å². The van der Waals surface area contributed by atoms with Crippen LogP contribution in [0.2, 0.25) is 0 Å². The molecule has 3 rings (SSSR count). The standard InChI is InChI=1S/C20H28N2O2/c1-3-23-18-14-17(16-21-10-6-5-7-11-21)15-19(24-4-2)20(18)22-12-8-9-13-22/h8-9,12-15H,3-7,10-11,16H2,1-2H3. The zero-order valence-corrected chi connectivity index (χ0v) is 14.8. The summed E-state index contributed by atoms with van der Waals surface area (Å²) in [6.07, 6.45) is 8.03. The van der Waals surface area contributed by atoms with Crippen molar-refractivity contribution in [3.05, 3.63) is 42.2 Å². The monoisotopic (exact) mass is 328 g/mol. The van der Waals surface area contributed by atoms with Crippen molar-refractivity contribution in [1.29, 1.82) is 0 Å². The molecule has 4 nitrogen and oxygen atoms in total. The zero-order chi connectivity index (χ0) is 16.8. The predicted octanol–water partition coefficient (Wildman–Crippen LogP) is 4.26. The smallest absolute Gasteiger partial charge is 0.147 e. The molecule has 0 saturated carbocycles. The van der Waals surface area contributed by atoms with Crippen molar-refractivity contribution >= 4 is 0 Å². The van der Waals surface area contributed by atoms with Gasteiger partial charge in [0.15, 0.2) is 0 Å². The van der Waals surface area contributed by atoms with Crippen LogP contribution in [-0.4, -0.2) is 35.8 Å². The quantitative estimate of drug-likeness (QED) is 0.760. The van der Waals surface area contributed by atoms with Crippen molar-refractivity contribution in [2.24, 2.45) is 0 Å². The molecule has 1 fully saturated rings. The second-order valence-electron chi connectivity index (χ2n) is 6.23. The highest BCUT2D eigenvalue weighted by Gasteiger charge is 2.17. The third kappa shape index (κ3) is 3.93. The summed E-state index contributed by atoms with van der Waals surface area (Å²) in [5.41, 5.74) is 2.26. The highest BCUT2D eigenvalue weighted by atomic mass is 16.5.